The minimum absolute atomic E-state index is 0.0366. The summed E-state index contributed by atoms with van der Waals surface area (Å²) in [6.45, 7) is 3.91. The normalized spacial score (nSPS) is 21.0. The molecule has 5 heteroatoms. The van der Waals surface area contributed by atoms with Crippen LogP contribution < -0.4 is 10.1 Å². The number of rotatable bonds is 4. The van der Waals surface area contributed by atoms with Crippen LogP contribution in [0, 0.1) is 11.7 Å². The molecule has 2 rings (SSSR count). The minimum atomic E-state index is -0.464. The van der Waals surface area contributed by atoms with Crippen LogP contribution in [0.15, 0.2) is 12.1 Å². The first-order chi connectivity index (χ1) is 8.63. The Kier molecular flexibility index (Phi) is 4.71. The number of halogens is 3. The highest BCUT2D eigenvalue weighted by molar-refractivity contribution is 6.42. The zero-order valence-electron chi connectivity index (χ0n) is 10.2. The van der Waals surface area contributed by atoms with Crippen LogP contribution in [0.2, 0.25) is 10.0 Å². The molecule has 100 valence electrons. The van der Waals surface area contributed by atoms with Crippen LogP contribution in [0.4, 0.5) is 4.39 Å². The number of benzene rings is 1. The molecular formula is C13H16Cl2FNO. The topological polar surface area (TPSA) is 21.3 Å². The van der Waals surface area contributed by atoms with E-state index >= 15 is 0 Å². The predicted molar refractivity (Wildman–Crippen MR) is 72.1 cm³/mol. The van der Waals surface area contributed by atoms with E-state index in [1.165, 1.54) is 12.1 Å². The SMILES string of the molecule is CC[C@@H](Oc1c(F)ccc(Cl)c1Cl)[C@H]1CCNC1. The van der Waals surface area contributed by atoms with Gasteiger partial charge in [-0.15, -0.1) is 0 Å². The minimum Gasteiger partial charge on any atom is -0.485 e. The van der Waals surface area contributed by atoms with E-state index in [0.29, 0.717) is 10.9 Å². The van der Waals surface area contributed by atoms with E-state index in [4.69, 9.17) is 27.9 Å². The van der Waals surface area contributed by atoms with Crippen molar-refractivity contribution >= 4 is 23.2 Å². The van der Waals surface area contributed by atoms with Gasteiger partial charge in [0, 0.05) is 12.5 Å². The average Bonchev–Trinajstić information content (AvgIpc) is 2.88. The van der Waals surface area contributed by atoms with Crippen molar-refractivity contribution in [2.75, 3.05) is 13.1 Å². The van der Waals surface area contributed by atoms with Gasteiger partial charge in [-0.2, -0.15) is 0 Å². The fourth-order valence-electron chi connectivity index (χ4n) is 2.28. The molecule has 1 saturated heterocycles. The van der Waals surface area contributed by atoms with Crippen LogP contribution in [0.5, 0.6) is 5.75 Å². The molecule has 0 bridgehead atoms. The van der Waals surface area contributed by atoms with Gasteiger partial charge in [0.2, 0.25) is 0 Å². The molecular weight excluding hydrogens is 276 g/mol. The lowest BCUT2D eigenvalue weighted by Gasteiger charge is -2.24. The quantitative estimate of drug-likeness (QED) is 0.850. The van der Waals surface area contributed by atoms with Gasteiger partial charge in [0.1, 0.15) is 11.1 Å². The largest absolute Gasteiger partial charge is 0.485 e. The van der Waals surface area contributed by atoms with Gasteiger partial charge in [-0.1, -0.05) is 30.1 Å². The lowest BCUT2D eigenvalue weighted by molar-refractivity contribution is 0.133. The first kappa shape index (κ1) is 13.9. The summed E-state index contributed by atoms with van der Waals surface area (Å²) in [7, 11) is 0. The van der Waals surface area contributed by atoms with Crippen molar-refractivity contribution in [1.29, 1.82) is 0 Å². The molecule has 2 atom stereocenters. The molecule has 0 spiro atoms. The van der Waals surface area contributed by atoms with Crippen molar-refractivity contribution < 1.29 is 9.13 Å². The molecule has 1 heterocycles. The van der Waals surface area contributed by atoms with Gasteiger partial charge in [0.15, 0.2) is 11.6 Å². The Balaban J connectivity index is 2.18. The molecule has 18 heavy (non-hydrogen) atoms. The Morgan fingerprint density at radius 1 is 1.50 bits per heavy atom. The van der Waals surface area contributed by atoms with E-state index in [-0.39, 0.29) is 16.9 Å². The van der Waals surface area contributed by atoms with Crippen LogP contribution in [0.1, 0.15) is 19.8 Å². The van der Waals surface area contributed by atoms with Gasteiger partial charge >= 0.3 is 0 Å². The van der Waals surface area contributed by atoms with Crippen LogP contribution in [-0.2, 0) is 0 Å². The smallest absolute Gasteiger partial charge is 0.175 e. The zero-order valence-corrected chi connectivity index (χ0v) is 11.7. The monoisotopic (exact) mass is 291 g/mol. The second kappa shape index (κ2) is 6.09. The molecule has 1 aromatic rings. The summed E-state index contributed by atoms with van der Waals surface area (Å²) in [6, 6.07) is 2.72. The Labute approximate surface area is 116 Å². The molecule has 1 aliphatic heterocycles. The van der Waals surface area contributed by atoms with Crippen molar-refractivity contribution in [3.05, 3.63) is 28.0 Å². The highest BCUT2D eigenvalue weighted by atomic mass is 35.5. The van der Waals surface area contributed by atoms with Gasteiger partial charge in [-0.05, 0) is 31.5 Å². The summed E-state index contributed by atoms with van der Waals surface area (Å²) in [5.74, 6) is 0.00108. The summed E-state index contributed by atoms with van der Waals surface area (Å²) in [4.78, 5) is 0. The third-order valence-electron chi connectivity index (χ3n) is 3.30. The van der Waals surface area contributed by atoms with Gasteiger partial charge in [-0.25, -0.2) is 4.39 Å². The highest BCUT2D eigenvalue weighted by Crippen LogP contribution is 2.36. The fourth-order valence-corrected chi connectivity index (χ4v) is 2.62. The Bertz CT molecular complexity index is 422. The molecule has 1 fully saturated rings. The van der Waals surface area contributed by atoms with Crippen LogP contribution in [0.25, 0.3) is 0 Å². The zero-order chi connectivity index (χ0) is 13.1. The lowest BCUT2D eigenvalue weighted by atomic mass is 9.99. The van der Waals surface area contributed by atoms with E-state index in [0.717, 1.165) is 25.9 Å². The van der Waals surface area contributed by atoms with E-state index < -0.39 is 5.82 Å². The highest BCUT2D eigenvalue weighted by Gasteiger charge is 2.27. The molecule has 0 radical (unpaired) electrons. The second-order valence-electron chi connectivity index (χ2n) is 4.49. The summed E-state index contributed by atoms with van der Waals surface area (Å²) < 4.78 is 19.5. The van der Waals surface area contributed by atoms with E-state index in [9.17, 15) is 4.39 Å². The fraction of sp³-hybridized carbons (Fsp3) is 0.538. The van der Waals surface area contributed by atoms with Crippen LogP contribution in [0.3, 0.4) is 0 Å². The van der Waals surface area contributed by atoms with Crippen LogP contribution >= 0.6 is 23.2 Å². The van der Waals surface area contributed by atoms with Gasteiger partial charge in [0.05, 0.1) is 5.02 Å². The Morgan fingerprint density at radius 2 is 2.28 bits per heavy atom. The summed E-state index contributed by atoms with van der Waals surface area (Å²) in [6.07, 6.45) is 1.82. The van der Waals surface area contributed by atoms with Gasteiger partial charge in [-0.3, -0.25) is 0 Å². The number of hydrogen-bond donors (Lipinski definition) is 1. The maximum Gasteiger partial charge on any atom is 0.175 e. The predicted octanol–water partition coefficient (Wildman–Crippen LogP) is 3.90. The first-order valence-electron chi connectivity index (χ1n) is 6.14. The maximum atomic E-state index is 13.7. The van der Waals surface area contributed by atoms with Crippen molar-refractivity contribution in [2.24, 2.45) is 5.92 Å². The van der Waals surface area contributed by atoms with Crippen molar-refractivity contribution in [3.63, 3.8) is 0 Å². The molecule has 0 saturated carbocycles. The standard InChI is InChI=1S/C13H16Cl2FNO/c1-2-11(8-5-6-17-7-8)18-13-10(16)4-3-9(14)12(13)15/h3-4,8,11,17H,2,5-7H2,1H3/t8-,11+/m0/s1. The number of hydrogen-bond acceptors (Lipinski definition) is 2. The summed E-state index contributed by atoms with van der Waals surface area (Å²) in [5, 5.41) is 3.75. The molecule has 0 aliphatic carbocycles. The Morgan fingerprint density at radius 3 is 2.89 bits per heavy atom. The summed E-state index contributed by atoms with van der Waals surface area (Å²) >= 11 is 11.9. The third-order valence-corrected chi connectivity index (χ3v) is 4.08. The molecule has 0 amide bonds. The molecule has 1 aliphatic rings. The third kappa shape index (κ3) is 2.90. The molecule has 1 N–H and O–H groups in total. The second-order valence-corrected chi connectivity index (χ2v) is 5.27. The average molecular weight is 292 g/mol. The van der Waals surface area contributed by atoms with E-state index in [2.05, 4.69) is 5.32 Å². The first-order valence-corrected chi connectivity index (χ1v) is 6.90. The maximum absolute atomic E-state index is 13.7. The van der Waals surface area contributed by atoms with Gasteiger partial charge < -0.3 is 10.1 Å². The van der Waals surface area contributed by atoms with Crippen molar-refractivity contribution in [1.82, 2.24) is 5.32 Å². The van der Waals surface area contributed by atoms with Gasteiger partial charge in [0.25, 0.3) is 0 Å². The van der Waals surface area contributed by atoms with Crippen LogP contribution in [-0.4, -0.2) is 19.2 Å². The number of nitrogens with one attached hydrogen (secondary N) is 1. The summed E-state index contributed by atoms with van der Waals surface area (Å²) in [5.41, 5.74) is 0. The van der Waals surface area contributed by atoms with E-state index in [1.807, 2.05) is 6.92 Å². The number of ether oxygens (including phenoxy) is 1. The lowest BCUT2D eigenvalue weighted by Crippen LogP contribution is -2.28. The molecule has 0 aromatic heterocycles. The molecule has 2 nitrogen and oxygen atoms in total. The Hall–Kier alpha value is -0.510. The molecule has 0 unspecified atom stereocenters. The van der Waals surface area contributed by atoms with Crippen molar-refractivity contribution in [3.8, 4) is 5.75 Å². The van der Waals surface area contributed by atoms with E-state index in [1.54, 1.807) is 0 Å². The van der Waals surface area contributed by atoms with Crippen molar-refractivity contribution in [2.45, 2.75) is 25.9 Å². The molecule has 1 aromatic carbocycles.